The first-order valence-corrected chi connectivity index (χ1v) is 6.88. The zero-order valence-electron chi connectivity index (χ0n) is 13.0. The third kappa shape index (κ3) is 3.51. The van der Waals surface area contributed by atoms with Crippen LogP contribution in [0.25, 0.3) is 0 Å². The van der Waals surface area contributed by atoms with Gasteiger partial charge < -0.3 is 9.30 Å². The van der Waals surface area contributed by atoms with E-state index in [1.807, 2.05) is 13.8 Å². The summed E-state index contributed by atoms with van der Waals surface area (Å²) >= 11 is 0. The number of carbonyl (C=O) groups is 1. The zero-order chi connectivity index (χ0) is 16.3. The number of ether oxygens (including phenoxy) is 1. The first kappa shape index (κ1) is 15.7. The summed E-state index contributed by atoms with van der Waals surface area (Å²) in [5.74, 6) is 1.04. The monoisotopic (exact) mass is 305 g/mol. The second kappa shape index (κ2) is 6.42. The molecule has 2 aromatic rings. The summed E-state index contributed by atoms with van der Waals surface area (Å²) in [5, 5.41) is 9.32. The number of pyridine rings is 1. The van der Waals surface area contributed by atoms with Gasteiger partial charge in [-0.05, 0) is 6.92 Å². The average molecular weight is 305 g/mol. The van der Waals surface area contributed by atoms with Gasteiger partial charge in [0.05, 0.1) is 13.3 Å². The zero-order valence-corrected chi connectivity index (χ0v) is 13.0. The van der Waals surface area contributed by atoms with Crippen molar-refractivity contribution in [3.8, 4) is 5.75 Å². The number of aryl methyl sites for hydroxylation is 1. The van der Waals surface area contributed by atoms with E-state index in [1.54, 1.807) is 11.5 Å². The number of aromatic amines is 1. The molecule has 0 unspecified atom stereocenters. The van der Waals surface area contributed by atoms with Crippen LogP contribution < -0.4 is 15.5 Å². The van der Waals surface area contributed by atoms with Crippen molar-refractivity contribution in [3.05, 3.63) is 34.0 Å². The Bertz CT molecular complexity index is 732. The normalized spacial score (nSPS) is 10.8. The molecular weight excluding hydrogens is 286 g/mol. The minimum Gasteiger partial charge on any atom is -0.491 e. The van der Waals surface area contributed by atoms with Crippen LogP contribution in [0.15, 0.2) is 17.1 Å². The smallest absolute Gasteiger partial charge is 0.248 e. The van der Waals surface area contributed by atoms with E-state index in [2.05, 4.69) is 20.5 Å². The van der Waals surface area contributed by atoms with Gasteiger partial charge in [0.25, 0.3) is 0 Å². The molecule has 22 heavy (non-hydrogen) atoms. The fourth-order valence-corrected chi connectivity index (χ4v) is 1.88. The van der Waals surface area contributed by atoms with E-state index in [1.165, 1.54) is 19.4 Å². The number of rotatable bonds is 5. The molecule has 8 nitrogen and oxygen atoms in total. The molecule has 0 saturated carbocycles. The molecule has 0 spiro atoms. The number of hydrogen-bond donors (Lipinski definition) is 2. The fourth-order valence-electron chi connectivity index (χ4n) is 1.88. The maximum Gasteiger partial charge on any atom is 0.248 e. The Hall–Kier alpha value is -2.64. The van der Waals surface area contributed by atoms with Crippen LogP contribution >= 0.6 is 0 Å². The van der Waals surface area contributed by atoms with Gasteiger partial charge in [-0.15, -0.1) is 5.10 Å². The van der Waals surface area contributed by atoms with Gasteiger partial charge in [0.2, 0.25) is 17.3 Å². The molecule has 0 aliphatic heterocycles. The van der Waals surface area contributed by atoms with E-state index >= 15 is 0 Å². The molecule has 0 aliphatic rings. The van der Waals surface area contributed by atoms with Crippen LogP contribution in [0.5, 0.6) is 5.75 Å². The molecule has 2 N–H and O–H groups in total. The van der Waals surface area contributed by atoms with Crippen LogP contribution in [0, 0.1) is 6.92 Å². The van der Waals surface area contributed by atoms with Gasteiger partial charge in [-0.3, -0.25) is 20.0 Å². The summed E-state index contributed by atoms with van der Waals surface area (Å²) in [7, 11) is 1.41. The number of nitrogens with one attached hydrogen (secondary N) is 2. The molecule has 118 valence electrons. The fraction of sp³-hybridized carbons (Fsp3) is 0.429. The Morgan fingerprint density at radius 1 is 1.50 bits per heavy atom. The van der Waals surface area contributed by atoms with Crippen molar-refractivity contribution >= 4 is 11.9 Å². The minimum atomic E-state index is -0.289. The number of methoxy groups -OCH3 is 1. The number of nitrogens with zero attached hydrogens (tertiary/aromatic N) is 3. The molecule has 1 amide bonds. The number of aromatic nitrogens is 4. The standard InChI is InChI=1S/C14H19N5O3/c1-8(2)13-16-14(18-17-13)15-12(21)7-19-6-11(22-4)10(20)5-9(19)3/h5-6,8H,7H2,1-4H3,(H2,15,16,17,18,21). The maximum atomic E-state index is 12.1. The third-order valence-electron chi connectivity index (χ3n) is 3.14. The molecule has 0 bridgehead atoms. The van der Waals surface area contributed by atoms with Crippen LogP contribution in [0.4, 0.5) is 5.95 Å². The van der Waals surface area contributed by atoms with Gasteiger partial charge in [0.15, 0.2) is 5.75 Å². The van der Waals surface area contributed by atoms with E-state index in [0.717, 1.165) is 0 Å². The van der Waals surface area contributed by atoms with E-state index < -0.39 is 0 Å². The predicted molar refractivity (Wildman–Crippen MR) is 81.1 cm³/mol. The number of amides is 1. The molecular formula is C14H19N5O3. The van der Waals surface area contributed by atoms with Crippen LogP contribution in [-0.2, 0) is 11.3 Å². The summed E-state index contributed by atoms with van der Waals surface area (Å²) in [6.07, 6.45) is 1.51. The van der Waals surface area contributed by atoms with E-state index in [4.69, 9.17) is 4.74 Å². The predicted octanol–water partition coefficient (Wildman–Crippen LogP) is 1.05. The van der Waals surface area contributed by atoms with Crippen molar-refractivity contribution in [1.82, 2.24) is 19.7 Å². The van der Waals surface area contributed by atoms with E-state index in [9.17, 15) is 9.59 Å². The van der Waals surface area contributed by atoms with Crippen molar-refractivity contribution in [2.45, 2.75) is 33.2 Å². The number of anilines is 1. The van der Waals surface area contributed by atoms with E-state index in [0.29, 0.717) is 11.5 Å². The Balaban J connectivity index is 2.10. The molecule has 0 atom stereocenters. The molecule has 8 heteroatoms. The van der Waals surface area contributed by atoms with Gasteiger partial charge in [-0.2, -0.15) is 4.98 Å². The lowest BCUT2D eigenvalue weighted by Gasteiger charge is -2.11. The highest BCUT2D eigenvalue weighted by atomic mass is 16.5. The summed E-state index contributed by atoms with van der Waals surface area (Å²) < 4.78 is 6.61. The lowest BCUT2D eigenvalue weighted by molar-refractivity contribution is -0.116. The number of hydrogen-bond acceptors (Lipinski definition) is 5. The highest BCUT2D eigenvalue weighted by Gasteiger charge is 2.12. The summed E-state index contributed by atoms with van der Waals surface area (Å²) in [6, 6.07) is 1.43. The van der Waals surface area contributed by atoms with Crippen molar-refractivity contribution in [1.29, 1.82) is 0 Å². The van der Waals surface area contributed by atoms with Crippen molar-refractivity contribution in [3.63, 3.8) is 0 Å². The van der Waals surface area contributed by atoms with Gasteiger partial charge >= 0.3 is 0 Å². The quantitative estimate of drug-likeness (QED) is 0.859. The molecule has 2 rings (SSSR count). The Morgan fingerprint density at radius 2 is 2.23 bits per heavy atom. The Labute approximate surface area is 127 Å². The molecule has 2 heterocycles. The summed E-state index contributed by atoms with van der Waals surface area (Å²) in [5.41, 5.74) is 0.450. The second-order valence-electron chi connectivity index (χ2n) is 5.22. The van der Waals surface area contributed by atoms with Crippen LogP contribution in [0.3, 0.4) is 0 Å². The first-order valence-electron chi connectivity index (χ1n) is 6.88. The highest BCUT2D eigenvalue weighted by molar-refractivity contribution is 5.88. The van der Waals surface area contributed by atoms with Crippen LogP contribution in [0.1, 0.15) is 31.3 Å². The molecule has 0 aliphatic carbocycles. The molecule has 0 saturated heterocycles. The molecule has 0 radical (unpaired) electrons. The number of carbonyl (C=O) groups excluding carboxylic acids is 1. The number of H-pyrrole nitrogens is 1. The lowest BCUT2D eigenvalue weighted by atomic mass is 10.2. The second-order valence-corrected chi connectivity index (χ2v) is 5.22. The third-order valence-corrected chi connectivity index (χ3v) is 3.14. The van der Waals surface area contributed by atoms with Crippen LogP contribution in [0.2, 0.25) is 0 Å². The molecule has 0 aromatic carbocycles. The molecule has 0 fully saturated rings. The maximum absolute atomic E-state index is 12.1. The SMILES string of the molecule is COc1cn(CC(=O)Nc2n[nH]c(C(C)C)n2)c(C)cc1=O. The van der Waals surface area contributed by atoms with Gasteiger partial charge in [0.1, 0.15) is 12.4 Å². The van der Waals surface area contributed by atoms with Crippen LogP contribution in [-0.4, -0.2) is 32.8 Å². The minimum absolute atomic E-state index is 0.0357. The molecule has 2 aromatic heterocycles. The summed E-state index contributed by atoms with van der Waals surface area (Å²) in [6.45, 7) is 5.73. The Morgan fingerprint density at radius 3 is 2.82 bits per heavy atom. The van der Waals surface area contributed by atoms with Gasteiger partial charge in [-0.1, -0.05) is 13.8 Å². The summed E-state index contributed by atoms with van der Waals surface area (Å²) in [4.78, 5) is 27.8. The first-order chi connectivity index (χ1) is 10.4. The largest absolute Gasteiger partial charge is 0.491 e. The van der Waals surface area contributed by atoms with Gasteiger partial charge in [0, 0.05) is 17.7 Å². The van der Waals surface area contributed by atoms with E-state index in [-0.39, 0.29) is 35.5 Å². The topological polar surface area (TPSA) is 102 Å². The van der Waals surface area contributed by atoms with Crippen molar-refractivity contribution < 1.29 is 9.53 Å². The van der Waals surface area contributed by atoms with Gasteiger partial charge in [-0.25, -0.2) is 0 Å². The highest BCUT2D eigenvalue weighted by Crippen LogP contribution is 2.10. The lowest BCUT2D eigenvalue weighted by Crippen LogP contribution is -2.22. The Kier molecular flexibility index (Phi) is 4.59. The average Bonchev–Trinajstić information content (AvgIpc) is 2.90. The van der Waals surface area contributed by atoms with Crippen molar-refractivity contribution in [2.75, 3.05) is 12.4 Å². The van der Waals surface area contributed by atoms with Crippen molar-refractivity contribution in [2.24, 2.45) is 0 Å².